The van der Waals surface area contributed by atoms with Crippen LogP contribution in [0.25, 0.3) is 6.08 Å². The molecule has 2 aromatic rings. The largest absolute Gasteiger partial charge is 0.459 e. The summed E-state index contributed by atoms with van der Waals surface area (Å²) in [6, 6.07) is 5.62. The number of carbonyl (C=O) groups excluding carboxylic acids is 3. The minimum absolute atomic E-state index is 0.118. The summed E-state index contributed by atoms with van der Waals surface area (Å²) in [5.74, 6) is -2.10. The molecule has 0 aliphatic rings. The van der Waals surface area contributed by atoms with Gasteiger partial charge >= 0.3 is 11.9 Å². The van der Waals surface area contributed by atoms with E-state index in [9.17, 15) is 18.8 Å². The van der Waals surface area contributed by atoms with Crippen LogP contribution in [0.1, 0.15) is 58.9 Å². The molecule has 1 aromatic heterocycles. The van der Waals surface area contributed by atoms with E-state index in [1.54, 1.807) is 34.6 Å². The maximum atomic E-state index is 13.0. The highest BCUT2D eigenvalue weighted by atomic mass is 32.1. The lowest BCUT2D eigenvalue weighted by Crippen LogP contribution is -2.16. The molecule has 1 N–H and O–H groups in total. The normalized spacial score (nSPS) is 11.2. The van der Waals surface area contributed by atoms with Crippen molar-refractivity contribution in [2.24, 2.45) is 0 Å². The lowest BCUT2D eigenvalue weighted by atomic mass is 10.1. The fourth-order valence-corrected chi connectivity index (χ4v) is 3.56. The van der Waals surface area contributed by atoms with Crippen LogP contribution in [0, 0.1) is 12.7 Å². The minimum atomic E-state index is -0.639. The van der Waals surface area contributed by atoms with E-state index in [0.29, 0.717) is 11.1 Å². The van der Waals surface area contributed by atoms with E-state index in [2.05, 4.69) is 5.32 Å². The Kier molecular flexibility index (Phi) is 7.88. The summed E-state index contributed by atoms with van der Waals surface area (Å²) in [6.07, 6.45) is 2.06. The maximum Gasteiger partial charge on any atom is 0.348 e. The van der Waals surface area contributed by atoms with Gasteiger partial charge in [0.1, 0.15) is 15.7 Å². The molecule has 0 bridgehead atoms. The standard InChI is InChI=1S/C22H24FNO5S/c1-12(2)28-21(26)18-14(5)19(22(27)29-13(3)4)30-20(18)24-17(25)11-8-15-6-9-16(23)10-7-15/h6-13H,1-5H3,(H,24,25)/b11-8+. The van der Waals surface area contributed by atoms with Crippen LogP contribution in [0.4, 0.5) is 9.39 Å². The van der Waals surface area contributed by atoms with Gasteiger partial charge in [-0.05, 0) is 64.0 Å². The van der Waals surface area contributed by atoms with Crippen molar-refractivity contribution < 1.29 is 28.2 Å². The Morgan fingerprint density at radius 3 is 2.13 bits per heavy atom. The molecule has 30 heavy (non-hydrogen) atoms. The Hall–Kier alpha value is -3.00. The second kappa shape index (κ2) is 10.2. The summed E-state index contributed by atoms with van der Waals surface area (Å²) >= 11 is 0.953. The van der Waals surface area contributed by atoms with Crippen LogP contribution in [0.15, 0.2) is 30.3 Å². The second-order valence-electron chi connectivity index (χ2n) is 7.04. The third-order valence-corrected chi connectivity index (χ3v) is 4.94. The van der Waals surface area contributed by atoms with Gasteiger partial charge in [0.25, 0.3) is 0 Å². The van der Waals surface area contributed by atoms with Crippen molar-refractivity contribution >= 4 is 40.3 Å². The molecule has 2 rings (SSSR count). The Balaban J connectivity index is 2.31. The highest BCUT2D eigenvalue weighted by molar-refractivity contribution is 7.18. The van der Waals surface area contributed by atoms with Gasteiger partial charge in [-0.15, -0.1) is 11.3 Å². The molecule has 0 fully saturated rings. The van der Waals surface area contributed by atoms with E-state index < -0.39 is 17.8 Å². The second-order valence-corrected chi connectivity index (χ2v) is 8.06. The monoisotopic (exact) mass is 433 g/mol. The molecule has 1 heterocycles. The van der Waals surface area contributed by atoms with Crippen molar-refractivity contribution in [2.75, 3.05) is 5.32 Å². The lowest BCUT2D eigenvalue weighted by Gasteiger charge is -2.10. The van der Waals surface area contributed by atoms with Crippen molar-refractivity contribution in [3.63, 3.8) is 0 Å². The van der Waals surface area contributed by atoms with Gasteiger partial charge in [-0.2, -0.15) is 0 Å². The number of carbonyl (C=O) groups is 3. The average Bonchev–Trinajstić information content (AvgIpc) is 2.96. The summed E-state index contributed by atoms with van der Waals surface area (Å²) in [7, 11) is 0. The first-order valence-electron chi connectivity index (χ1n) is 9.38. The third kappa shape index (κ3) is 6.25. The number of hydrogen-bond acceptors (Lipinski definition) is 6. The molecule has 1 amide bonds. The number of ether oxygens (including phenoxy) is 2. The van der Waals surface area contributed by atoms with E-state index in [1.807, 2.05) is 0 Å². The molecular formula is C22H24FNO5S. The summed E-state index contributed by atoms with van der Waals surface area (Å²) in [5, 5.41) is 2.82. The van der Waals surface area contributed by atoms with Crippen LogP contribution in [-0.4, -0.2) is 30.1 Å². The highest BCUT2D eigenvalue weighted by Gasteiger charge is 2.28. The predicted molar refractivity (Wildman–Crippen MR) is 114 cm³/mol. The lowest BCUT2D eigenvalue weighted by molar-refractivity contribution is -0.111. The number of rotatable bonds is 7. The number of amides is 1. The molecule has 0 spiro atoms. The molecule has 0 aliphatic carbocycles. The van der Waals surface area contributed by atoms with Gasteiger partial charge in [0.15, 0.2) is 0 Å². The molecule has 0 aliphatic heterocycles. The number of halogens is 1. The SMILES string of the molecule is Cc1c(C(=O)OC(C)C)sc(NC(=O)/C=C/c2ccc(F)cc2)c1C(=O)OC(C)C. The first-order chi connectivity index (χ1) is 14.1. The average molecular weight is 434 g/mol. The fraction of sp³-hybridized carbons (Fsp3) is 0.318. The van der Waals surface area contributed by atoms with Crippen LogP contribution in [0.3, 0.4) is 0 Å². The van der Waals surface area contributed by atoms with Gasteiger partial charge < -0.3 is 14.8 Å². The van der Waals surface area contributed by atoms with E-state index in [-0.39, 0.29) is 33.5 Å². The molecule has 8 heteroatoms. The number of esters is 2. The topological polar surface area (TPSA) is 81.7 Å². The molecule has 0 saturated heterocycles. The number of nitrogens with one attached hydrogen (secondary N) is 1. The van der Waals surface area contributed by atoms with E-state index in [1.165, 1.54) is 36.4 Å². The van der Waals surface area contributed by atoms with Gasteiger partial charge in [0.05, 0.1) is 17.8 Å². The first kappa shape index (κ1) is 23.3. The summed E-state index contributed by atoms with van der Waals surface area (Å²) in [5.41, 5.74) is 1.14. The zero-order chi connectivity index (χ0) is 22.4. The van der Waals surface area contributed by atoms with E-state index in [0.717, 1.165) is 11.3 Å². The Morgan fingerprint density at radius 1 is 1.00 bits per heavy atom. The fourth-order valence-electron chi connectivity index (χ4n) is 2.48. The molecular weight excluding hydrogens is 409 g/mol. The Morgan fingerprint density at radius 2 is 1.57 bits per heavy atom. The smallest absolute Gasteiger partial charge is 0.348 e. The maximum absolute atomic E-state index is 13.0. The van der Waals surface area contributed by atoms with Gasteiger partial charge in [-0.25, -0.2) is 14.0 Å². The van der Waals surface area contributed by atoms with Crippen LogP contribution in [-0.2, 0) is 14.3 Å². The summed E-state index contributed by atoms with van der Waals surface area (Å²) in [6.45, 7) is 8.46. The quantitative estimate of drug-likeness (QED) is 0.492. The van der Waals surface area contributed by atoms with Gasteiger partial charge in [-0.3, -0.25) is 4.79 Å². The molecule has 6 nitrogen and oxygen atoms in total. The van der Waals surface area contributed by atoms with Crippen molar-refractivity contribution in [3.05, 3.63) is 57.7 Å². The van der Waals surface area contributed by atoms with Crippen molar-refractivity contribution in [2.45, 2.75) is 46.8 Å². The van der Waals surface area contributed by atoms with Crippen molar-refractivity contribution in [1.29, 1.82) is 0 Å². The number of benzene rings is 1. The zero-order valence-corrected chi connectivity index (χ0v) is 18.3. The minimum Gasteiger partial charge on any atom is -0.459 e. The third-order valence-electron chi connectivity index (χ3n) is 3.76. The highest BCUT2D eigenvalue weighted by Crippen LogP contribution is 2.34. The van der Waals surface area contributed by atoms with Gasteiger partial charge in [0.2, 0.25) is 5.91 Å². The Labute approximate surface area is 178 Å². The van der Waals surface area contributed by atoms with Gasteiger partial charge in [-0.1, -0.05) is 12.1 Å². The number of hydrogen-bond donors (Lipinski definition) is 1. The Bertz CT molecular complexity index is 961. The van der Waals surface area contributed by atoms with Crippen LogP contribution >= 0.6 is 11.3 Å². The first-order valence-corrected chi connectivity index (χ1v) is 10.2. The molecule has 0 unspecified atom stereocenters. The molecule has 0 atom stereocenters. The van der Waals surface area contributed by atoms with Crippen molar-refractivity contribution in [1.82, 2.24) is 0 Å². The van der Waals surface area contributed by atoms with E-state index >= 15 is 0 Å². The molecule has 0 radical (unpaired) electrons. The van der Waals surface area contributed by atoms with E-state index in [4.69, 9.17) is 9.47 Å². The molecule has 0 saturated carbocycles. The van der Waals surface area contributed by atoms with Crippen LogP contribution in [0.2, 0.25) is 0 Å². The number of thiophene rings is 1. The zero-order valence-electron chi connectivity index (χ0n) is 17.4. The molecule has 160 valence electrons. The predicted octanol–water partition coefficient (Wildman–Crippen LogP) is 4.98. The molecule has 1 aromatic carbocycles. The van der Waals surface area contributed by atoms with Gasteiger partial charge in [0, 0.05) is 6.08 Å². The summed E-state index contributed by atoms with van der Waals surface area (Å²) < 4.78 is 23.5. The van der Waals surface area contributed by atoms with Crippen molar-refractivity contribution in [3.8, 4) is 0 Å². The number of anilines is 1. The van der Waals surface area contributed by atoms with Crippen LogP contribution in [0.5, 0.6) is 0 Å². The van der Waals surface area contributed by atoms with Crippen LogP contribution < -0.4 is 5.32 Å². The summed E-state index contributed by atoms with van der Waals surface area (Å²) in [4.78, 5) is 37.6.